The van der Waals surface area contributed by atoms with Crippen LogP contribution in [0.15, 0.2) is 18.2 Å². The molecule has 0 aromatic heterocycles. The first-order chi connectivity index (χ1) is 8.81. The molecule has 1 aliphatic heterocycles. The minimum Gasteiger partial charge on any atom is -0.383 e. The first-order valence-electron chi connectivity index (χ1n) is 6.54. The Morgan fingerprint density at radius 1 is 1.50 bits per heavy atom. The molecular weight excluding hydrogens is 228 g/mol. The van der Waals surface area contributed by atoms with Gasteiger partial charge in [0, 0.05) is 13.2 Å². The summed E-state index contributed by atoms with van der Waals surface area (Å²) in [7, 11) is 0. The van der Waals surface area contributed by atoms with Crippen LogP contribution in [0.25, 0.3) is 0 Å². The Labute approximate surface area is 108 Å². The van der Waals surface area contributed by atoms with Crippen molar-refractivity contribution >= 4 is 17.3 Å². The smallest absolute Gasteiger partial charge is 0.226 e. The lowest BCUT2D eigenvalue weighted by molar-refractivity contribution is -0.117. The molecule has 0 fully saturated rings. The van der Waals surface area contributed by atoms with Gasteiger partial charge in [-0.15, -0.1) is 0 Å². The molecule has 4 nitrogen and oxygen atoms in total. The van der Waals surface area contributed by atoms with Crippen LogP contribution in [0.1, 0.15) is 25.3 Å². The van der Waals surface area contributed by atoms with Gasteiger partial charge in [-0.25, -0.2) is 0 Å². The second-order valence-corrected chi connectivity index (χ2v) is 4.37. The van der Waals surface area contributed by atoms with E-state index in [1.807, 2.05) is 19.1 Å². The number of benzene rings is 1. The molecule has 1 aromatic carbocycles. The van der Waals surface area contributed by atoms with Gasteiger partial charge < -0.3 is 15.4 Å². The predicted molar refractivity (Wildman–Crippen MR) is 73.0 cm³/mol. The lowest BCUT2D eigenvalue weighted by Crippen LogP contribution is -2.18. The number of hydrogen-bond donors (Lipinski definition) is 2. The summed E-state index contributed by atoms with van der Waals surface area (Å²) in [6, 6.07) is 6.04. The Kier molecular flexibility index (Phi) is 4.59. The molecule has 4 heteroatoms. The first-order valence-corrected chi connectivity index (χ1v) is 6.54. The number of ether oxygens (including phenoxy) is 1. The molecule has 2 N–H and O–H groups in total. The molecule has 1 aromatic rings. The quantitative estimate of drug-likeness (QED) is 0.787. The fourth-order valence-electron chi connectivity index (χ4n) is 2.14. The number of carbonyl (C=O) groups is 1. The molecule has 0 aliphatic carbocycles. The first kappa shape index (κ1) is 12.9. The zero-order valence-corrected chi connectivity index (χ0v) is 10.8. The average molecular weight is 248 g/mol. The standard InChI is InChI=1S/C14H20N2O2/c1-2-18-10-8-13(17)16-12-7-3-5-11-6-4-9-15-14(11)12/h3,5,7,15H,2,4,6,8-10H2,1H3,(H,16,17). The maximum Gasteiger partial charge on any atom is 0.226 e. The van der Waals surface area contributed by atoms with Crippen LogP contribution < -0.4 is 10.6 Å². The van der Waals surface area contributed by atoms with Gasteiger partial charge >= 0.3 is 0 Å². The SMILES string of the molecule is CCOCCC(=O)Nc1cccc2c1NCCC2. The Bertz CT molecular complexity index is 418. The van der Waals surface area contributed by atoms with Crippen molar-refractivity contribution in [3.63, 3.8) is 0 Å². The summed E-state index contributed by atoms with van der Waals surface area (Å²) in [6.07, 6.45) is 2.62. The van der Waals surface area contributed by atoms with Crippen molar-refractivity contribution in [1.29, 1.82) is 0 Å². The Morgan fingerprint density at radius 3 is 3.22 bits per heavy atom. The zero-order valence-electron chi connectivity index (χ0n) is 10.8. The van der Waals surface area contributed by atoms with E-state index in [0.29, 0.717) is 19.6 Å². The lowest BCUT2D eigenvalue weighted by atomic mass is 10.0. The van der Waals surface area contributed by atoms with Gasteiger partial charge in [0.15, 0.2) is 0 Å². The van der Waals surface area contributed by atoms with Gasteiger partial charge in [0.05, 0.1) is 24.4 Å². The minimum absolute atomic E-state index is 0.00391. The third kappa shape index (κ3) is 3.23. The number of amides is 1. The molecule has 0 saturated carbocycles. The number of rotatable bonds is 5. The molecule has 1 heterocycles. The predicted octanol–water partition coefficient (Wildman–Crippen LogP) is 2.41. The van der Waals surface area contributed by atoms with Gasteiger partial charge in [0.1, 0.15) is 0 Å². The van der Waals surface area contributed by atoms with Crippen LogP contribution in [0, 0.1) is 0 Å². The number of carbonyl (C=O) groups excluding carboxylic acids is 1. The van der Waals surface area contributed by atoms with E-state index in [0.717, 1.165) is 30.8 Å². The van der Waals surface area contributed by atoms with E-state index >= 15 is 0 Å². The number of hydrogen-bond acceptors (Lipinski definition) is 3. The summed E-state index contributed by atoms with van der Waals surface area (Å²) in [6.45, 7) is 4.02. The van der Waals surface area contributed by atoms with E-state index in [2.05, 4.69) is 16.7 Å². The Balaban J connectivity index is 1.98. The van der Waals surface area contributed by atoms with Crippen LogP contribution in [0.3, 0.4) is 0 Å². The molecule has 0 radical (unpaired) electrons. The molecule has 0 saturated heterocycles. The number of nitrogens with one attached hydrogen (secondary N) is 2. The maximum absolute atomic E-state index is 11.8. The van der Waals surface area contributed by atoms with Gasteiger partial charge in [-0.1, -0.05) is 12.1 Å². The van der Waals surface area contributed by atoms with Crippen molar-refractivity contribution < 1.29 is 9.53 Å². The molecule has 18 heavy (non-hydrogen) atoms. The fourth-order valence-corrected chi connectivity index (χ4v) is 2.14. The zero-order chi connectivity index (χ0) is 12.8. The van der Waals surface area contributed by atoms with E-state index in [9.17, 15) is 4.79 Å². The third-order valence-corrected chi connectivity index (χ3v) is 3.03. The highest BCUT2D eigenvalue weighted by molar-refractivity contribution is 5.95. The molecule has 1 amide bonds. The van der Waals surface area contributed by atoms with Crippen LogP contribution >= 0.6 is 0 Å². The number of fused-ring (bicyclic) bond motifs is 1. The third-order valence-electron chi connectivity index (χ3n) is 3.03. The van der Waals surface area contributed by atoms with Crippen molar-refractivity contribution in [1.82, 2.24) is 0 Å². The second kappa shape index (κ2) is 6.40. The lowest BCUT2D eigenvalue weighted by Gasteiger charge is -2.21. The Morgan fingerprint density at radius 2 is 2.39 bits per heavy atom. The highest BCUT2D eigenvalue weighted by atomic mass is 16.5. The molecule has 0 bridgehead atoms. The normalized spacial score (nSPS) is 13.6. The topological polar surface area (TPSA) is 50.4 Å². The molecule has 1 aliphatic rings. The van der Waals surface area contributed by atoms with E-state index in [1.54, 1.807) is 0 Å². The largest absolute Gasteiger partial charge is 0.383 e. The monoisotopic (exact) mass is 248 g/mol. The molecule has 98 valence electrons. The minimum atomic E-state index is 0.00391. The number of aryl methyl sites for hydroxylation is 1. The van der Waals surface area contributed by atoms with E-state index in [1.165, 1.54) is 5.56 Å². The van der Waals surface area contributed by atoms with E-state index in [4.69, 9.17) is 4.74 Å². The summed E-state index contributed by atoms with van der Waals surface area (Å²) >= 11 is 0. The highest BCUT2D eigenvalue weighted by Gasteiger charge is 2.13. The summed E-state index contributed by atoms with van der Waals surface area (Å²) in [4.78, 5) is 11.8. The fraction of sp³-hybridized carbons (Fsp3) is 0.500. The van der Waals surface area contributed by atoms with Crippen molar-refractivity contribution in [2.24, 2.45) is 0 Å². The molecule has 2 rings (SSSR count). The van der Waals surface area contributed by atoms with Gasteiger partial charge in [0.25, 0.3) is 0 Å². The van der Waals surface area contributed by atoms with Crippen LogP contribution in [-0.4, -0.2) is 25.7 Å². The summed E-state index contributed by atoms with van der Waals surface area (Å²) in [5.41, 5.74) is 3.24. The van der Waals surface area contributed by atoms with Crippen molar-refractivity contribution in [2.75, 3.05) is 30.4 Å². The number of para-hydroxylation sites is 1. The maximum atomic E-state index is 11.8. The van der Waals surface area contributed by atoms with Crippen LogP contribution in [0.4, 0.5) is 11.4 Å². The summed E-state index contributed by atoms with van der Waals surface area (Å²) < 4.78 is 5.18. The summed E-state index contributed by atoms with van der Waals surface area (Å²) in [5, 5.41) is 6.31. The van der Waals surface area contributed by atoms with Gasteiger partial charge in [0.2, 0.25) is 5.91 Å². The molecular formula is C14H20N2O2. The second-order valence-electron chi connectivity index (χ2n) is 4.37. The van der Waals surface area contributed by atoms with Crippen LogP contribution in [0.2, 0.25) is 0 Å². The van der Waals surface area contributed by atoms with Crippen LogP contribution in [-0.2, 0) is 16.0 Å². The average Bonchev–Trinajstić information content (AvgIpc) is 2.39. The van der Waals surface area contributed by atoms with Crippen LogP contribution in [0.5, 0.6) is 0 Å². The molecule has 0 atom stereocenters. The highest BCUT2D eigenvalue weighted by Crippen LogP contribution is 2.30. The number of anilines is 2. The summed E-state index contributed by atoms with van der Waals surface area (Å²) in [5.74, 6) is 0.00391. The van der Waals surface area contributed by atoms with Crippen molar-refractivity contribution in [2.45, 2.75) is 26.2 Å². The van der Waals surface area contributed by atoms with Crippen molar-refractivity contribution in [3.05, 3.63) is 23.8 Å². The Hall–Kier alpha value is -1.55. The van der Waals surface area contributed by atoms with Gasteiger partial charge in [-0.3, -0.25) is 4.79 Å². The van der Waals surface area contributed by atoms with E-state index < -0.39 is 0 Å². The van der Waals surface area contributed by atoms with Crippen molar-refractivity contribution in [3.8, 4) is 0 Å². The van der Waals surface area contributed by atoms with Gasteiger partial charge in [-0.2, -0.15) is 0 Å². The molecule has 0 spiro atoms. The van der Waals surface area contributed by atoms with E-state index in [-0.39, 0.29) is 5.91 Å². The molecule has 0 unspecified atom stereocenters. The van der Waals surface area contributed by atoms with Gasteiger partial charge in [-0.05, 0) is 31.4 Å².